The van der Waals surface area contributed by atoms with Crippen LogP contribution in [-0.2, 0) is 14.4 Å². The van der Waals surface area contributed by atoms with Gasteiger partial charge in [0, 0.05) is 11.8 Å². The summed E-state index contributed by atoms with van der Waals surface area (Å²) >= 11 is 0. The maximum atomic E-state index is 13.2. The first-order valence-corrected chi connectivity index (χ1v) is 10.0. The number of benzene rings is 3. The fourth-order valence-corrected chi connectivity index (χ4v) is 3.48. The van der Waals surface area contributed by atoms with Gasteiger partial charge >= 0.3 is 0 Å². The second-order valence-corrected chi connectivity index (χ2v) is 7.23. The van der Waals surface area contributed by atoms with Crippen LogP contribution in [0.15, 0.2) is 84.9 Å². The first kappa shape index (κ1) is 21.0. The standard InChI is InChI=1S/C25H20FN3O3/c26-18-11-13-19(14-12-18)27-23(30)16-22-25(32)28-20-8-4-5-9-21(20)29(22)24(31)15-10-17-6-2-1-3-7-17/h1-15,22H,16H2,(H,27,30)(H,28,32). The summed E-state index contributed by atoms with van der Waals surface area (Å²) < 4.78 is 13.1. The third-order valence-corrected chi connectivity index (χ3v) is 5.00. The second-order valence-electron chi connectivity index (χ2n) is 7.23. The Morgan fingerprint density at radius 2 is 1.66 bits per heavy atom. The Morgan fingerprint density at radius 3 is 2.41 bits per heavy atom. The number of anilines is 3. The largest absolute Gasteiger partial charge is 0.326 e. The molecule has 7 heteroatoms. The molecule has 32 heavy (non-hydrogen) atoms. The molecule has 0 fully saturated rings. The minimum absolute atomic E-state index is 0.261. The highest BCUT2D eigenvalue weighted by molar-refractivity contribution is 6.16. The van der Waals surface area contributed by atoms with Crippen LogP contribution < -0.4 is 15.5 Å². The molecule has 3 aromatic carbocycles. The monoisotopic (exact) mass is 429 g/mol. The molecule has 1 atom stereocenters. The SMILES string of the molecule is O=C(CC1C(=O)Nc2ccccc2N1C(=O)C=Cc1ccccc1)Nc1ccc(F)cc1. The van der Waals surface area contributed by atoms with Gasteiger partial charge in [-0.05, 0) is 48.0 Å². The summed E-state index contributed by atoms with van der Waals surface area (Å²) in [5.74, 6) is -1.77. The number of carbonyl (C=O) groups is 3. The summed E-state index contributed by atoms with van der Waals surface area (Å²) in [6.07, 6.45) is 2.78. The van der Waals surface area contributed by atoms with Crippen molar-refractivity contribution in [2.45, 2.75) is 12.5 Å². The minimum atomic E-state index is -1.04. The van der Waals surface area contributed by atoms with Gasteiger partial charge in [-0.25, -0.2) is 4.39 Å². The van der Waals surface area contributed by atoms with Crippen LogP contribution in [0.3, 0.4) is 0 Å². The zero-order valence-corrected chi connectivity index (χ0v) is 17.0. The molecular weight excluding hydrogens is 409 g/mol. The van der Waals surface area contributed by atoms with Crippen molar-refractivity contribution in [1.82, 2.24) is 0 Å². The Morgan fingerprint density at radius 1 is 0.969 bits per heavy atom. The molecule has 0 aromatic heterocycles. The molecule has 2 N–H and O–H groups in total. The highest BCUT2D eigenvalue weighted by atomic mass is 19.1. The first-order valence-electron chi connectivity index (χ1n) is 10.0. The van der Waals surface area contributed by atoms with Crippen molar-refractivity contribution >= 4 is 40.9 Å². The van der Waals surface area contributed by atoms with Gasteiger partial charge in [0.2, 0.25) is 11.8 Å². The smallest absolute Gasteiger partial charge is 0.251 e. The van der Waals surface area contributed by atoms with Crippen LogP contribution in [0.1, 0.15) is 12.0 Å². The molecule has 0 saturated carbocycles. The van der Waals surface area contributed by atoms with Crippen LogP contribution in [0.5, 0.6) is 0 Å². The highest BCUT2D eigenvalue weighted by Crippen LogP contribution is 2.33. The zero-order chi connectivity index (χ0) is 22.5. The van der Waals surface area contributed by atoms with E-state index in [-0.39, 0.29) is 6.42 Å². The molecule has 0 saturated heterocycles. The third kappa shape index (κ3) is 4.73. The van der Waals surface area contributed by atoms with Crippen LogP contribution >= 0.6 is 0 Å². The van der Waals surface area contributed by atoms with Crippen LogP contribution in [0, 0.1) is 5.82 Å². The van der Waals surface area contributed by atoms with E-state index < -0.39 is 29.6 Å². The fraction of sp³-hybridized carbons (Fsp3) is 0.0800. The van der Waals surface area contributed by atoms with E-state index in [1.54, 1.807) is 30.3 Å². The molecule has 1 aliphatic rings. The Bertz CT molecular complexity index is 1180. The second kappa shape index (κ2) is 9.26. The van der Waals surface area contributed by atoms with Gasteiger partial charge in [0.25, 0.3) is 5.91 Å². The van der Waals surface area contributed by atoms with Gasteiger partial charge in [0.05, 0.1) is 17.8 Å². The van der Waals surface area contributed by atoms with E-state index >= 15 is 0 Å². The lowest BCUT2D eigenvalue weighted by atomic mass is 10.0. The number of fused-ring (bicyclic) bond motifs is 1. The summed E-state index contributed by atoms with van der Waals surface area (Å²) in [5, 5.41) is 5.40. The molecule has 1 aliphatic heterocycles. The normalized spacial score (nSPS) is 15.2. The molecule has 1 heterocycles. The molecule has 0 bridgehead atoms. The predicted octanol–water partition coefficient (Wildman–Crippen LogP) is 4.22. The van der Waals surface area contributed by atoms with E-state index in [4.69, 9.17) is 0 Å². The number of nitrogens with one attached hydrogen (secondary N) is 2. The molecule has 160 valence electrons. The van der Waals surface area contributed by atoms with E-state index in [2.05, 4.69) is 10.6 Å². The zero-order valence-electron chi connectivity index (χ0n) is 17.0. The van der Waals surface area contributed by atoms with Crippen molar-refractivity contribution in [2.24, 2.45) is 0 Å². The van der Waals surface area contributed by atoms with E-state index in [1.807, 2.05) is 30.3 Å². The van der Waals surface area contributed by atoms with Crippen molar-refractivity contribution in [2.75, 3.05) is 15.5 Å². The maximum absolute atomic E-state index is 13.2. The van der Waals surface area contributed by atoms with Crippen molar-refractivity contribution < 1.29 is 18.8 Å². The van der Waals surface area contributed by atoms with E-state index in [0.29, 0.717) is 17.1 Å². The lowest BCUT2D eigenvalue weighted by molar-refractivity contribution is -0.124. The van der Waals surface area contributed by atoms with Gasteiger partial charge in [0.1, 0.15) is 11.9 Å². The summed E-state index contributed by atoms with van der Waals surface area (Å²) in [6.45, 7) is 0. The Kier molecular flexibility index (Phi) is 6.07. The molecular formula is C25H20FN3O3. The average Bonchev–Trinajstić information content (AvgIpc) is 2.80. The van der Waals surface area contributed by atoms with Crippen molar-refractivity contribution in [3.63, 3.8) is 0 Å². The van der Waals surface area contributed by atoms with Gasteiger partial charge in [-0.2, -0.15) is 0 Å². The molecule has 3 amide bonds. The molecule has 0 spiro atoms. The minimum Gasteiger partial charge on any atom is -0.326 e. The highest BCUT2D eigenvalue weighted by Gasteiger charge is 2.37. The number of amides is 3. The Labute approximate surface area is 184 Å². The topological polar surface area (TPSA) is 78.5 Å². The van der Waals surface area contributed by atoms with Gasteiger partial charge in [-0.15, -0.1) is 0 Å². The van der Waals surface area contributed by atoms with Crippen molar-refractivity contribution in [3.05, 3.63) is 96.3 Å². The third-order valence-electron chi connectivity index (χ3n) is 5.00. The maximum Gasteiger partial charge on any atom is 0.251 e. The number of carbonyl (C=O) groups excluding carboxylic acids is 3. The number of rotatable bonds is 5. The first-order chi connectivity index (χ1) is 15.5. The summed E-state index contributed by atoms with van der Waals surface area (Å²) in [6, 6.07) is 20.5. The molecule has 3 aromatic rings. The van der Waals surface area contributed by atoms with E-state index in [1.165, 1.54) is 35.2 Å². The van der Waals surface area contributed by atoms with Crippen LogP contribution in [-0.4, -0.2) is 23.8 Å². The number of hydrogen-bond acceptors (Lipinski definition) is 3. The van der Waals surface area contributed by atoms with Crippen molar-refractivity contribution in [3.8, 4) is 0 Å². The number of para-hydroxylation sites is 2. The molecule has 1 unspecified atom stereocenters. The summed E-state index contributed by atoms with van der Waals surface area (Å²) in [4.78, 5) is 39.9. The summed E-state index contributed by atoms with van der Waals surface area (Å²) in [5.41, 5.74) is 2.24. The number of nitrogens with zero attached hydrogens (tertiary/aromatic N) is 1. The predicted molar refractivity (Wildman–Crippen MR) is 121 cm³/mol. The number of halogens is 1. The lowest BCUT2D eigenvalue weighted by Crippen LogP contribution is -2.52. The van der Waals surface area contributed by atoms with Gasteiger partial charge in [0.15, 0.2) is 0 Å². The Hall–Kier alpha value is -4.26. The average molecular weight is 429 g/mol. The van der Waals surface area contributed by atoms with Crippen LogP contribution in [0.2, 0.25) is 0 Å². The molecule has 6 nitrogen and oxygen atoms in total. The van der Waals surface area contributed by atoms with Crippen LogP contribution in [0.25, 0.3) is 6.08 Å². The molecule has 0 radical (unpaired) electrons. The number of hydrogen-bond donors (Lipinski definition) is 2. The van der Waals surface area contributed by atoms with E-state index in [9.17, 15) is 18.8 Å². The van der Waals surface area contributed by atoms with Gasteiger partial charge < -0.3 is 10.6 Å². The molecule has 4 rings (SSSR count). The Balaban J connectivity index is 1.59. The summed E-state index contributed by atoms with van der Waals surface area (Å²) in [7, 11) is 0. The molecule has 0 aliphatic carbocycles. The fourth-order valence-electron chi connectivity index (χ4n) is 3.48. The lowest BCUT2D eigenvalue weighted by Gasteiger charge is -2.35. The van der Waals surface area contributed by atoms with Crippen LogP contribution in [0.4, 0.5) is 21.5 Å². The van der Waals surface area contributed by atoms with Gasteiger partial charge in [-0.3, -0.25) is 19.3 Å². The van der Waals surface area contributed by atoms with Crippen molar-refractivity contribution in [1.29, 1.82) is 0 Å². The quantitative estimate of drug-likeness (QED) is 0.596. The van der Waals surface area contributed by atoms with Gasteiger partial charge in [-0.1, -0.05) is 42.5 Å². The van der Waals surface area contributed by atoms with E-state index in [0.717, 1.165) is 5.56 Å².